The van der Waals surface area contributed by atoms with E-state index in [2.05, 4.69) is 5.32 Å². The summed E-state index contributed by atoms with van der Waals surface area (Å²) in [6.45, 7) is -0.0913. The van der Waals surface area contributed by atoms with Gasteiger partial charge in [-0.3, -0.25) is 4.79 Å². The number of carbonyl (C=O) groups is 2. The molecule has 0 bridgehead atoms. The van der Waals surface area contributed by atoms with Crippen molar-refractivity contribution in [3.05, 3.63) is 60.2 Å². The first kappa shape index (κ1) is 18.3. The Morgan fingerprint density at radius 1 is 0.920 bits per heavy atom. The third kappa shape index (κ3) is 6.95. The molecule has 0 atom stereocenters. The van der Waals surface area contributed by atoms with Crippen LogP contribution in [0.25, 0.3) is 0 Å². The van der Waals surface area contributed by atoms with Gasteiger partial charge in [0, 0.05) is 6.54 Å². The second kappa shape index (κ2) is 9.97. The number of hydrogen-bond donors (Lipinski definition) is 1. The van der Waals surface area contributed by atoms with Crippen molar-refractivity contribution in [3.63, 3.8) is 0 Å². The van der Waals surface area contributed by atoms with Crippen LogP contribution in [0.2, 0.25) is 0 Å². The van der Waals surface area contributed by atoms with Gasteiger partial charge in [0.25, 0.3) is 5.91 Å². The largest absolute Gasteiger partial charge is 0.497 e. The molecule has 0 aliphatic rings. The lowest BCUT2D eigenvalue weighted by molar-refractivity contribution is -0.150. The average molecular weight is 343 g/mol. The second-order valence-corrected chi connectivity index (χ2v) is 5.21. The molecule has 25 heavy (non-hydrogen) atoms. The van der Waals surface area contributed by atoms with Crippen molar-refractivity contribution < 1.29 is 23.8 Å². The van der Waals surface area contributed by atoms with Gasteiger partial charge < -0.3 is 19.5 Å². The molecule has 6 nitrogen and oxygen atoms in total. The number of rotatable bonds is 9. The number of methoxy groups -OCH3 is 1. The van der Waals surface area contributed by atoms with E-state index in [0.29, 0.717) is 18.0 Å². The molecule has 0 saturated carbocycles. The number of carbonyl (C=O) groups excluding carboxylic acids is 2. The Hall–Kier alpha value is -3.02. The number of esters is 1. The van der Waals surface area contributed by atoms with E-state index in [1.54, 1.807) is 31.4 Å². The van der Waals surface area contributed by atoms with Crippen molar-refractivity contribution in [1.82, 2.24) is 5.32 Å². The van der Waals surface area contributed by atoms with Crippen LogP contribution >= 0.6 is 0 Å². The Kier molecular flexibility index (Phi) is 7.31. The lowest BCUT2D eigenvalue weighted by Crippen LogP contribution is -2.31. The molecule has 0 aliphatic heterocycles. The number of nitrogens with one attached hydrogen (secondary N) is 1. The van der Waals surface area contributed by atoms with Gasteiger partial charge in [0.15, 0.2) is 13.2 Å². The van der Waals surface area contributed by atoms with E-state index >= 15 is 0 Å². The third-order valence-electron chi connectivity index (χ3n) is 3.36. The summed E-state index contributed by atoms with van der Waals surface area (Å²) in [5.74, 6) is 0.273. The maximum atomic E-state index is 11.6. The number of benzene rings is 2. The lowest BCUT2D eigenvalue weighted by atomic mass is 10.1. The SMILES string of the molecule is COc1ccc(OCC(=O)OCC(=O)NCCc2ccccc2)cc1. The van der Waals surface area contributed by atoms with Gasteiger partial charge in [-0.2, -0.15) is 0 Å². The van der Waals surface area contributed by atoms with Gasteiger partial charge >= 0.3 is 5.97 Å². The number of amides is 1. The fourth-order valence-corrected chi connectivity index (χ4v) is 2.04. The number of ether oxygens (including phenoxy) is 3. The van der Waals surface area contributed by atoms with E-state index in [0.717, 1.165) is 12.0 Å². The minimum atomic E-state index is -0.603. The molecule has 0 radical (unpaired) electrons. The van der Waals surface area contributed by atoms with Crippen molar-refractivity contribution in [2.24, 2.45) is 0 Å². The van der Waals surface area contributed by atoms with Crippen LogP contribution in [0, 0.1) is 0 Å². The summed E-state index contributed by atoms with van der Waals surface area (Å²) in [6.07, 6.45) is 0.723. The van der Waals surface area contributed by atoms with Gasteiger partial charge in [0.1, 0.15) is 11.5 Å². The lowest BCUT2D eigenvalue weighted by Gasteiger charge is -2.08. The predicted molar refractivity (Wildman–Crippen MR) is 92.6 cm³/mol. The van der Waals surface area contributed by atoms with Gasteiger partial charge in [-0.1, -0.05) is 30.3 Å². The summed E-state index contributed by atoms with van der Waals surface area (Å²) in [7, 11) is 1.57. The smallest absolute Gasteiger partial charge is 0.344 e. The zero-order chi connectivity index (χ0) is 17.9. The molecular weight excluding hydrogens is 322 g/mol. The molecule has 1 N–H and O–H groups in total. The van der Waals surface area contributed by atoms with E-state index in [-0.39, 0.29) is 19.1 Å². The van der Waals surface area contributed by atoms with Gasteiger partial charge in [-0.05, 0) is 36.2 Å². The normalized spacial score (nSPS) is 9.96. The van der Waals surface area contributed by atoms with Crippen molar-refractivity contribution in [2.75, 3.05) is 26.9 Å². The van der Waals surface area contributed by atoms with Crippen LogP contribution < -0.4 is 14.8 Å². The van der Waals surface area contributed by atoms with E-state index in [9.17, 15) is 9.59 Å². The molecule has 2 aromatic carbocycles. The van der Waals surface area contributed by atoms with E-state index in [1.165, 1.54) is 0 Å². The fourth-order valence-electron chi connectivity index (χ4n) is 2.04. The Balaban J connectivity index is 1.59. The predicted octanol–water partition coefficient (Wildman–Crippen LogP) is 1.98. The second-order valence-electron chi connectivity index (χ2n) is 5.21. The third-order valence-corrected chi connectivity index (χ3v) is 3.36. The van der Waals surface area contributed by atoms with Gasteiger partial charge in [0.05, 0.1) is 7.11 Å². The van der Waals surface area contributed by atoms with Crippen LogP contribution in [0.15, 0.2) is 54.6 Å². The summed E-state index contributed by atoms with van der Waals surface area (Å²) in [6, 6.07) is 16.6. The Morgan fingerprint density at radius 3 is 2.28 bits per heavy atom. The topological polar surface area (TPSA) is 73.9 Å². The summed E-state index contributed by atoms with van der Waals surface area (Å²) in [5.41, 5.74) is 1.13. The molecule has 0 aliphatic carbocycles. The highest BCUT2D eigenvalue weighted by molar-refractivity contribution is 5.80. The zero-order valence-electron chi connectivity index (χ0n) is 14.1. The summed E-state index contributed by atoms with van der Waals surface area (Å²) < 4.78 is 15.2. The Bertz CT molecular complexity index is 670. The first-order valence-corrected chi connectivity index (χ1v) is 7.90. The molecule has 1 amide bonds. The monoisotopic (exact) mass is 343 g/mol. The van der Waals surface area contributed by atoms with E-state index in [4.69, 9.17) is 14.2 Å². The maximum Gasteiger partial charge on any atom is 0.344 e. The first-order chi connectivity index (χ1) is 12.2. The van der Waals surface area contributed by atoms with Crippen molar-refractivity contribution >= 4 is 11.9 Å². The van der Waals surface area contributed by atoms with Gasteiger partial charge in [0.2, 0.25) is 0 Å². The number of hydrogen-bond acceptors (Lipinski definition) is 5. The van der Waals surface area contributed by atoms with Crippen LogP contribution in [0.1, 0.15) is 5.56 Å². The van der Waals surface area contributed by atoms with Crippen molar-refractivity contribution in [2.45, 2.75) is 6.42 Å². The molecule has 0 heterocycles. The van der Waals surface area contributed by atoms with Crippen LogP contribution in [0.4, 0.5) is 0 Å². The van der Waals surface area contributed by atoms with Gasteiger partial charge in [-0.25, -0.2) is 4.79 Å². The minimum absolute atomic E-state index is 0.260. The molecule has 0 fully saturated rings. The average Bonchev–Trinajstić information content (AvgIpc) is 2.66. The first-order valence-electron chi connectivity index (χ1n) is 7.90. The van der Waals surface area contributed by atoms with Crippen LogP contribution in [-0.4, -0.2) is 38.7 Å². The molecule has 2 aromatic rings. The quantitative estimate of drug-likeness (QED) is 0.705. The molecular formula is C19H21NO5. The summed E-state index contributed by atoms with van der Waals surface area (Å²) in [5, 5.41) is 2.70. The maximum absolute atomic E-state index is 11.6. The highest BCUT2D eigenvalue weighted by Gasteiger charge is 2.08. The van der Waals surface area contributed by atoms with Crippen molar-refractivity contribution in [3.8, 4) is 11.5 Å². The van der Waals surface area contributed by atoms with E-state index in [1.807, 2.05) is 30.3 Å². The molecule has 6 heteroatoms. The molecule has 132 valence electrons. The molecule has 2 rings (SSSR count). The molecule has 0 saturated heterocycles. The molecule has 0 unspecified atom stereocenters. The Labute approximate surface area is 146 Å². The Morgan fingerprint density at radius 2 is 1.60 bits per heavy atom. The highest BCUT2D eigenvalue weighted by atomic mass is 16.6. The van der Waals surface area contributed by atoms with Crippen LogP contribution in [-0.2, 0) is 20.7 Å². The van der Waals surface area contributed by atoms with Crippen molar-refractivity contribution in [1.29, 1.82) is 0 Å². The van der Waals surface area contributed by atoms with E-state index < -0.39 is 5.97 Å². The molecule has 0 aromatic heterocycles. The zero-order valence-corrected chi connectivity index (χ0v) is 14.1. The minimum Gasteiger partial charge on any atom is -0.497 e. The highest BCUT2D eigenvalue weighted by Crippen LogP contribution is 2.16. The molecule has 0 spiro atoms. The van der Waals surface area contributed by atoms with Gasteiger partial charge in [-0.15, -0.1) is 0 Å². The standard InChI is InChI=1S/C19H21NO5/c1-23-16-7-9-17(10-8-16)24-14-19(22)25-13-18(21)20-12-11-15-5-3-2-4-6-15/h2-10H,11-14H2,1H3,(H,20,21). The van der Waals surface area contributed by atoms with Crippen LogP contribution in [0.3, 0.4) is 0 Å². The summed E-state index contributed by atoms with van der Waals surface area (Å²) in [4.78, 5) is 23.2. The van der Waals surface area contributed by atoms with Crippen LogP contribution in [0.5, 0.6) is 11.5 Å². The fraction of sp³-hybridized carbons (Fsp3) is 0.263. The summed E-state index contributed by atoms with van der Waals surface area (Å²) >= 11 is 0.